The van der Waals surface area contributed by atoms with Crippen LogP contribution in [0.15, 0.2) is 12.2 Å². The molecule has 0 aromatic rings. The van der Waals surface area contributed by atoms with E-state index in [1.165, 1.54) is 109 Å². The number of allylic oxidation sites excluding steroid dienone is 2. The minimum atomic E-state index is -1.18. The molecule has 43 heavy (non-hydrogen) atoms. The van der Waals surface area contributed by atoms with E-state index in [1.54, 1.807) is 20.8 Å². The van der Waals surface area contributed by atoms with Crippen LogP contribution in [0.2, 0.25) is 0 Å². The number of aliphatic carboxylic acids is 3. The van der Waals surface area contributed by atoms with Gasteiger partial charge in [0.1, 0.15) is 11.8 Å². The summed E-state index contributed by atoms with van der Waals surface area (Å²) in [7, 11) is 0. The molecule has 0 amide bonds. The molecule has 3 unspecified atom stereocenters. The van der Waals surface area contributed by atoms with E-state index < -0.39 is 35.7 Å². The molecule has 0 saturated carbocycles. The zero-order valence-electron chi connectivity index (χ0n) is 28.3. The van der Waals surface area contributed by atoms with Gasteiger partial charge in [0.05, 0.1) is 26.2 Å². The van der Waals surface area contributed by atoms with Crippen LogP contribution < -0.4 is 5.11 Å². The van der Waals surface area contributed by atoms with E-state index >= 15 is 0 Å². The Balaban J connectivity index is 4.10. The fourth-order valence-electron chi connectivity index (χ4n) is 6.35. The molecule has 7 heteroatoms. The summed E-state index contributed by atoms with van der Waals surface area (Å²) >= 11 is 0. The summed E-state index contributed by atoms with van der Waals surface area (Å²) < 4.78 is 0.188. The van der Waals surface area contributed by atoms with Gasteiger partial charge in [0.25, 0.3) is 0 Å². The molecule has 0 aliphatic carbocycles. The summed E-state index contributed by atoms with van der Waals surface area (Å²) in [5.41, 5.74) is 0. The normalized spacial score (nSPS) is 15.3. The standard InChI is InChI=1S/C36H67NO6/c1-5-6-7-8-9-10-11-12-13-14-15-16-17-18-19-20-21-22-23-24-25-26-27-37(28-31(2)34(38)39,29-32(3)35(40)41)30-33(4)36(42)43/h5-6,31-33H,7-30H2,1-4H3,(H2-,38,39,40,41,42,43)/b6-5+. The molecule has 7 nitrogen and oxygen atoms in total. The Morgan fingerprint density at radius 2 is 0.860 bits per heavy atom. The van der Waals surface area contributed by atoms with Crippen molar-refractivity contribution < 1.29 is 34.2 Å². The quantitative estimate of drug-likeness (QED) is 0.0467. The van der Waals surface area contributed by atoms with E-state index in [0.29, 0.717) is 6.54 Å². The molecule has 0 heterocycles. The molecule has 0 spiro atoms. The number of carbonyl (C=O) groups is 3. The predicted molar refractivity (Wildman–Crippen MR) is 175 cm³/mol. The van der Waals surface area contributed by atoms with Crippen molar-refractivity contribution in [3.63, 3.8) is 0 Å². The number of carboxylic acid groups (broad SMARTS) is 3. The van der Waals surface area contributed by atoms with E-state index in [9.17, 15) is 29.7 Å². The molecule has 0 saturated heterocycles. The number of nitrogens with zero attached hydrogens (tertiary/aromatic N) is 1. The fraction of sp³-hybridized carbons (Fsp3) is 0.861. The van der Waals surface area contributed by atoms with E-state index in [2.05, 4.69) is 19.1 Å². The van der Waals surface area contributed by atoms with Crippen molar-refractivity contribution in [1.29, 1.82) is 0 Å². The minimum Gasteiger partial charge on any atom is -0.550 e. The maximum Gasteiger partial charge on any atom is 0.311 e. The van der Waals surface area contributed by atoms with Gasteiger partial charge in [-0.2, -0.15) is 0 Å². The minimum absolute atomic E-state index is 0.188. The maximum atomic E-state index is 11.6. The first-order chi connectivity index (χ1) is 20.5. The second-order valence-corrected chi connectivity index (χ2v) is 13.4. The van der Waals surface area contributed by atoms with Crippen LogP contribution in [0.3, 0.4) is 0 Å². The zero-order chi connectivity index (χ0) is 32.3. The van der Waals surface area contributed by atoms with E-state index in [-0.39, 0.29) is 24.1 Å². The largest absolute Gasteiger partial charge is 0.550 e. The van der Waals surface area contributed by atoms with Crippen molar-refractivity contribution in [2.75, 3.05) is 26.2 Å². The highest BCUT2D eigenvalue weighted by Gasteiger charge is 2.36. The average Bonchev–Trinajstić information content (AvgIpc) is 2.95. The van der Waals surface area contributed by atoms with Gasteiger partial charge in [0.2, 0.25) is 0 Å². The van der Waals surface area contributed by atoms with Crippen LogP contribution in [0.25, 0.3) is 0 Å². The Morgan fingerprint density at radius 3 is 1.16 bits per heavy atom. The van der Waals surface area contributed by atoms with Crippen LogP contribution in [0.4, 0.5) is 0 Å². The van der Waals surface area contributed by atoms with Crippen molar-refractivity contribution in [3.05, 3.63) is 12.2 Å². The average molecular weight is 610 g/mol. The van der Waals surface area contributed by atoms with Crippen LogP contribution >= 0.6 is 0 Å². The summed E-state index contributed by atoms with van der Waals surface area (Å²) in [4.78, 5) is 34.8. The van der Waals surface area contributed by atoms with Crippen molar-refractivity contribution in [2.45, 2.75) is 156 Å². The van der Waals surface area contributed by atoms with Gasteiger partial charge in [-0.15, -0.1) is 0 Å². The Morgan fingerprint density at radius 1 is 0.558 bits per heavy atom. The number of carboxylic acids is 3. The monoisotopic (exact) mass is 609 g/mol. The van der Waals surface area contributed by atoms with Gasteiger partial charge in [0.15, 0.2) is 0 Å². The molecule has 2 N–H and O–H groups in total. The summed E-state index contributed by atoms with van der Waals surface area (Å²) in [6.45, 7) is 8.11. The molecule has 252 valence electrons. The highest BCUT2D eigenvalue weighted by atomic mass is 16.4. The number of hydrogen-bond acceptors (Lipinski definition) is 4. The maximum absolute atomic E-state index is 11.6. The lowest BCUT2D eigenvalue weighted by Gasteiger charge is -2.43. The van der Waals surface area contributed by atoms with Crippen molar-refractivity contribution in [3.8, 4) is 0 Å². The molecule has 0 aliphatic heterocycles. The zero-order valence-corrected chi connectivity index (χ0v) is 28.3. The SMILES string of the molecule is C/C=C/CCCCCCCCCCCCCCCCCCCCC[N+](CC(C)C(=O)[O-])(CC(C)C(=O)O)CC(C)C(=O)O. The number of rotatable bonds is 31. The molecule has 0 bridgehead atoms. The van der Waals surface area contributed by atoms with Crippen LogP contribution in [0, 0.1) is 17.8 Å². The third-order valence-corrected chi connectivity index (χ3v) is 8.97. The van der Waals surface area contributed by atoms with E-state index in [0.717, 1.165) is 19.3 Å². The summed E-state index contributed by atoms with van der Waals surface area (Å²) in [6, 6.07) is 0. The smallest absolute Gasteiger partial charge is 0.311 e. The van der Waals surface area contributed by atoms with Crippen LogP contribution in [0.1, 0.15) is 156 Å². The van der Waals surface area contributed by atoms with Gasteiger partial charge in [-0.05, 0) is 46.5 Å². The third-order valence-electron chi connectivity index (χ3n) is 8.97. The summed E-state index contributed by atoms with van der Waals surface area (Å²) in [5.74, 6) is -5.22. The number of hydrogen-bond donors (Lipinski definition) is 2. The first-order valence-corrected chi connectivity index (χ1v) is 17.7. The Labute approximate surface area is 264 Å². The molecular weight excluding hydrogens is 542 g/mol. The molecule has 0 aromatic heterocycles. The van der Waals surface area contributed by atoms with Gasteiger partial charge in [-0.1, -0.05) is 122 Å². The van der Waals surface area contributed by atoms with Crippen LogP contribution in [0.5, 0.6) is 0 Å². The third kappa shape index (κ3) is 23.2. The second-order valence-electron chi connectivity index (χ2n) is 13.4. The summed E-state index contributed by atoms with van der Waals surface area (Å²) in [5, 5.41) is 30.6. The molecule has 0 radical (unpaired) electrons. The van der Waals surface area contributed by atoms with E-state index in [4.69, 9.17) is 0 Å². The number of carbonyl (C=O) groups excluding carboxylic acids is 1. The van der Waals surface area contributed by atoms with Gasteiger partial charge in [-0.25, -0.2) is 0 Å². The van der Waals surface area contributed by atoms with Gasteiger partial charge in [-0.3, -0.25) is 9.59 Å². The molecular formula is C36H67NO6. The highest BCUT2D eigenvalue weighted by molar-refractivity contribution is 5.70. The second kappa shape index (κ2) is 26.5. The first kappa shape index (κ1) is 41.1. The van der Waals surface area contributed by atoms with Crippen LogP contribution in [-0.2, 0) is 14.4 Å². The highest BCUT2D eigenvalue weighted by Crippen LogP contribution is 2.22. The molecule has 0 aromatic carbocycles. The Kier molecular flexibility index (Phi) is 25.3. The van der Waals surface area contributed by atoms with Crippen molar-refractivity contribution >= 4 is 17.9 Å². The number of unbranched alkanes of at least 4 members (excludes halogenated alkanes) is 19. The fourth-order valence-corrected chi connectivity index (χ4v) is 6.35. The van der Waals surface area contributed by atoms with Gasteiger partial charge >= 0.3 is 11.9 Å². The van der Waals surface area contributed by atoms with Gasteiger partial charge < -0.3 is 24.6 Å². The Hall–Kier alpha value is -1.89. The topological polar surface area (TPSA) is 115 Å². The molecule has 0 rings (SSSR count). The predicted octanol–water partition coefficient (Wildman–Crippen LogP) is 8.01. The van der Waals surface area contributed by atoms with Crippen molar-refractivity contribution in [2.24, 2.45) is 17.8 Å². The van der Waals surface area contributed by atoms with Crippen molar-refractivity contribution in [1.82, 2.24) is 0 Å². The molecule has 0 aliphatic rings. The lowest BCUT2D eigenvalue weighted by molar-refractivity contribution is -0.934. The molecule has 3 atom stereocenters. The number of quaternary nitrogens is 1. The summed E-state index contributed by atoms with van der Waals surface area (Å²) in [6.07, 6.45) is 30.0. The first-order valence-electron chi connectivity index (χ1n) is 17.7. The lowest BCUT2D eigenvalue weighted by Crippen LogP contribution is -2.58. The molecule has 0 fully saturated rings. The Bertz CT molecular complexity index is 697. The van der Waals surface area contributed by atoms with E-state index in [1.807, 2.05) is 0 Å². The lowest BCUT2D eigenvalue weighted by atomic mass is 10.00. The van der Waals surface area contributed by atoms with Gasteiger partial charge in [0, 0.05) is 11.9 Å². The van der Waals surface area contributed by atoms with Crippen LogP contribution in [-0.4, -0.2) is 58.8 Å².